The summed E-state index contributed by atoms with van der Waals surface area (Å²) in [6.45, 7) is 7.05. The average molecular weight is 253 g/mol. The molecular formula is C11H25ClN2O2. The lowest BCUT2D eigenvalue weighted by Gasteiger charge is -2.22. The largest absolute Gasteiger partial charge is 0.391 e. The maximum atomic E-state index is 11.2. The third-order valence-corrected chi connectivity index (χ3v) is 1.99. The predicted molar refractivity (Wildman–Crippen MR) is 68.6 cm³/mol. The Morgan fingerprint density at radius 2 is 2.00 bits per heavy atom. The summed E-state index contributed by atoms with van der Waals surface area (Å²) < 4.78 is 0. The molecule has 0 saturated heterocycles. The number of nitrogens with two attached hydrogens (primary N) is 1. The summed E-state index contributed by atoms with van der Waals surface area (Å²) >= 11 is 0. The molecule has 0 bridgehead atoms. The van der Waals surface area contributed by atoms with E-state index in [1.165, 1.54) is 0 Å². The van der Waals surface area contributed by atoms with Crippen molar-refractivity contribution < 1.29 is 9.90 Å². The van der Waals surface area contributed by atoms with E-state index in [2.05, 4.69) is 26.1 Å². The van der Waals surface area contributed by atoms with Crippen LogP contribution >= 0.6 is 12.4 Å². The molecule has 0 heterocycles. The summed E-state index contributed by atoms with van der Waals surface area (Å²) in [7, 11) is 0. The minimum atomic E-state index is -0.466. The van der Waals surface area contributed by atoms with Crippen molar-refractivity contribution in [3.05, 3.63) is 0 Å². The number of carbonyl (C=O) groups excluding carboxylic acids is 1. The molecule has 0 fully saturated rings. The first-order chi connectivity index (χ1) is 6.85. The Morgan fingerprint density at radius 1 is 1.44 bits per heavy atom. The molecule has 0 aromatic heterocycles. The Balaban J connectivity index is 0. The van der Waals surface area contributed by atoms with Gasteiger partial charge in [-0.15, -0.1) is 12.4 Å². The molecule has 0 aliphatic heterocycles. The lowest BCUT2D eigenvalue weighted by Crippen LogP contribution is -2.34. The molecule has 4 nitrogen and oxygen atoms in total. The van der Waals surface area contributed by atoms with E-state index in [0.29, 0.717) is 32.4 Å². The molecule has 0 aliphatic rings. The lowest BCUT2D eigenvalue weighted by atomic mass is 9.89. The smallest absolute Gasteiger partial charge is 0.220 e. The van der Waals surface area contributed by atoms with Crippen LogP contribution in [0.5, 0.6) is 0 Å². The molecule has 5 heteroatoms. The number of halogens is 1. The molecule has 0 aliphatic carbocycles. The fourth-order valence-electron chi connectivity index (χ4n) is 1.36. The quantitative estimate of drug-likeness (QED) is 0.662. The monoisotopic (exact) mass is 252 g/mol. The van der Waals surface area contributed by atoms with Crippen LogP contribution in [-0.4, -0.2) is 30.2 Å². The molecule has 0 saturated carbocycles. The summed E-state index contributed by atoms with van der Waals surface area (Å²) in [6, 6.07) is 0. The van der Waals surface area contributed by atoms with E-state index in [1.807, 2.05) is 0 Å². The summed E-state index contributed by atoms with van der Waals surface area (Å²) in [5, 5.41) is 12.3. The van der Waals surface area contributed by atoms with E-state index in [9.17, 15) is 9.90 Å². The Morgan fingerprint density at radius 3 is 2.44 bits per heavy atom. The molecule has 0 aromatic carbocycles. The van der Waals surface area contributed by atoms with Gasteiger partial charge in [0.15, 0.2) is 0 Å². The molecule has 0 radical (unpaired) electrons. The Labute approximate surface area is 104 Å². The minimum absolute atomic E-state index is 0. The van der Waals surface area contributed by atoms with Crippen molar-refractivity contribution in [2.24, 2.45) is 11.1 Å². The first-order valence-corrected chi connectivity index (χ1v) is 5.50. The molecule has 16 heavy (non-hydrogen) atoms. The van der Waals surface area contributed by atoms with Gasteiger partial charge >= 0.3 is 0 Å². The van der Waals surface area contributed by atoms with Gasteiger partial charge in [0.2, 0.25) is 5.91 Å². The number of hydrogen-bond donors (Lipinski definition) is 3. The first-order valence-electron chi connectivity index (χ1n) is 5.50. The van der Waals surface area contributed by atoms with Crippen LogP contribution in [0.25, 0.3) is 0 Å². The van der Waals surface area contributed by atoms with Crippen LogP contribution in [0.4, 0.5) is 0 Å². The number of amides is 1. The van der Waals surface area contributed by atoms with E-state index in [1.54, 1.807) is 0 Å². The Hall–Kier alpha value is -0.320. The highest BCUT2D eigenvalue weighted by atomic mass is 35.5. The second kappa shape index (κ2) is 8.79. The van der Waals surface area contributed by atoms with Crippen LogP contribution in [-0.2, 0) is 4.79 Å². The van der Waals surface area contributed by atoms with E-state index in [-0.39, 0.29) is 23.7 Å². The molecule has 0 rings (SSSR count). The number of hydrogen-bond acceptors (Lipinski definition) is 3. The molecule has 98 valence electrons. The fraction of sp³-hybridized carbons (Fsp3) is 0.909. The standard InChI is InChI=1S/C11H24N2O2.ClH/c1-11(2,3)7-9(14)8-13-10(15)5-4-6-12;/h9,14H,4-8,12H2,1-3H3,(H,13,15);1H. The topological polar surface area (TPSA) is 75.3 Å². The maximum Gasteiger partial charge on any atom is 0.220 e. The summed E-state index contributed by atoms with van der Waals surface area (Å²) in [5.41, 5.74) is 5.37. The van der Waals surface area contributed by atoms with Crippen LogP contribution in [0.2, 0.25) is 0 Å². The van der Waals surface area contributed by atoms with Crippen molar-refractivity contribution in [3.8, 4) is 0 Å². The van der Waals surface area contributed by atoms with E-state index >= 15 is 0 Å². The van der Waals surface area contributed by atoms with Crippen LogP contribution in [0.1, 0.15) is 40.0 Å². The zero-order valence-electron chi connectivity index (χ0n) is 10.5. The summed E-state index contributed by atoms with van der Waals surface area (Å²) in [5.74, 6) is -0.0339. The number of carbonyl (C=O) groups is 1. The van der Waals surface area contributed by atoms with Crippen molar-refractivity contribution in [2.75, 3.05) is 13.1 Å². The highest BCUT2D eigenvalue weighted by Crippen LogP contribution is 2.20. The molecule has 1 atom stereocenters. The number of nitrogens with one attached hydrogen (secondary N) is 1. The van der Waals surface area contributed by atoms with Gasteiger partial charge in [-0.1, -0.05) is 20.8 Å². The van der Waals surface area contributed by atoms with Gasteiger partial charge in [0.05, 0.1) is 6.10 Å². The molecular weight excluding hydrogens is 228 g/mol. The number of aliphatic hydroxyl groups excluding tert-OH is 1. The normalized spacial score (nSPS) is 12.8. The molecule has 1 amide bonds. The lowest BCUT2D eigenvalue weighted by molar-refractivity contribution is -0.121. The van der Waals surface area contributed by atoms with Gasteiger partial charge in [0, 0.05) is 13.0 Å². The zero-order valence-corrected chi connectivity index (χ0v) is 11.3. The Kier molecular flexibility index (Phi) is 9.92. The van der Waals surface area contributed by atoms with Crippen molar-refractivity contribution in [1.29, 1.82) is 0 Å². The van der Waals surface area contributed by atoms with Gasteiger partial charge in [-0.3, -0.25) is 4.79 Å². The molecule has 0 spiro atoms. The Bertz CT molecular complexity index is 193. The average Bonchev–Trinajstić information content (AvgIpc) is 2.08. The van der Waals surface area contributed by atoms with Gasteiger partial charge in [0.1, 0.15) is 0 Å². The minimum Gasteiger partial charge on any atom is -0.391 e. The van der Waals surface area contributed by atoms with Crippen molar-refractivity contribution >= 4 is 18.3 Å². The van der Waals surface area contributed by atoms with Crippen molar-refractivity contribution in [2.45, 2.75) is 46.1 Å². The third-order valence-electron chi connectivity index (χ3n) is 1.99. The van der Waals surface area contributed by atoms with Crippen LogP contribution in [0.15, 0.2) is 0 Å². The van der Waals surface area contributed by atoms with Crippen LogP contribution in [0, 0.1) is 5.41 Å². The predicted octanol–water partition coefficient (Wildman–Crippen LogP) is 1.06. The second-order valence-corrected chi connectivity index (χ2v) is 5.11. The molecule has 4 N–H and O–H groups in total. The van der Waals surface area contributed by atoms with E-state index < -0.39 is 6.10 Å². The molecule has 0 aromatic rings. The van der Waals surface area contributed by atoms with Gasteiger partial charge in [-0.05, 0) is 24.8 Å². The van der Waals surface area contributed by atoms with Crippen LogP contribution < -0.4 is 11.1 Å². The zero-order chi connectivity index (χ0) is 11.9. The molecule has 1 unspecified atom stereocenters. The van der Waals surface area contributed by atoms with Gasteiger partial charge in [0.25, 0.3) is 0 Å². The second-order valence-electron chi connectivity index (χ2n) is 5.11. The highest BCUT2D eigenvalue weighted by molar-refractivity contribution is 5.85. The van der Waals surface area contributed by atoms with E-state index in [0.717, 1.165) is 0 Å². The number of rotatable bonds is 6. The maximum absolute atomic E-state index is 11.2. The van der Waals surface area contributed by atoms with Gasteiger partial charge in [-0.2, -0.15) is 0 Å². The van der Waals surface area contributed by atoms with Crippen molar-refractivity contribution in [3.63, 3.8) is 0 Å². The number of aliphatic hydroxyl groups is 1. The van der Waals surface area contributed by atoms with Crippen molar-refractivity contribution in [1.82, 2.24) is 5.32 Å². The summed E-state index contributed by atoms with van der Waals surface area (Å²) in [4.78, 5) is 11.2. The van der Waals surface area contributed by atoms with Gasteiger partial charge in [-0.25, -0.2) is 0 Å². The fourth-order valence-corrected chi connectivity index (χ4v) is 1.36. The SMILES string of the molecule is CC(C)(C)CC(O)CNC(=O)CCCN.Cl. The van der Waals surface area contributed by atoms with Crippen LogP contribution in [0.3, 0.4) is 0 Å². The first kappa shape index (κ1) is 18.1. The van der Waals surface area contributed by atoms with Gasteiger partial charge < -0.3 is 16.2 Å². The third kappa shape index (κ3) is 11.8. The summed E-state index contributed by atoms with van der Waals surface area (Å²) in [6.07, 6.45) is 1.36. The highest BCUT2D eigenvalue weighted by Gasteiger charge is 2.16. The van der Waals surface area contributed by atoms with E-state index in [4.69, 9.17) is 5.73 Å².